The number of benzene rings is 2. The Morgan fingerprint density at radius 2 is 1.65 bits per heavy atom. The second-order valence-corrected chi connectivity index (χ2v) is 15.6. The normalized spacial score (nSPS) is 23.3. The molecule has 3 aliphatic carbocycles. The lowest BCUT2D eigenvalue weighted by molar-refractivity contribution is -0.124. The maximum atomic E-state index is 14.5. The summed E-state index contributed by atoms with van der Waals surface area (Å²) in [4.78, 5) is 29.5. The van der Waals surface area contributed by atoms with Gasteiger partial charge in [0.15, 0.2) is 0 Å². The van der Waals surface area contributed by atoms with E-state index >= 15 is 0 Å². The van der Waals surface area contributed by atoms with E-state index < -0.39 is 0 Å². The van der Waals surface area contributed by atoms with Crippen LogP contribution in [0.15, 0.2) is 54.9 Å². The Morgan fingerprint density at radius 3 is 2.33 bits per heavy atom. The van der Waals surface area contributed by atoms with E-state index in [-0.39, 0.29) is 23.8 Å². The molecule has 0 radical (unpaired) electrons. The zero-order valence-electron chi connectivity index (χ0n) is 30.3. The maximum absolute atomic E-state index is 14.5. The zero-order chi connectivity index (χ0) is 34.3. The van der Waals surface area contributed by atoms with Gasteiger partial charge in [-0.2, -0.15) is 5.10 Å². The van der Waals surface area contributed by atoms with Crippen LogP contribution in [0.2, 0.25) is 0 Å². The highest BCUT2D eigenvalue weighted by Gasteiger charge is 2.33. The monoisotopic (exact) mass is 666 g/mol. The lowest BCUT2D eigenvalue weighted by Crippen LogP contribution is -2.44. The van der Waals surface area contributed by atoms with Crippen LogP contribution >= 0.6 is 0 Å². The molecule has 2 amide bonds. The average molecular weight is 667 g/mol. The number of methoxy groups -OCH3 is 1. The SMILES string of the molecule is COc1ccc(C2CCC(CN(C(=O)C3CCC(NC(=O)CC4CCCCC4)CC3)c3cccc(-c4cnn(C(C)C)c4)c3)CC2)cc1C. The number of nitrogens with one attached hydrogen (secondary N) is 1. The average Bonchev–Trinajstić information content (AvgIpc) is 3.63. The van der Waals surface area contributed by atoms with Crippen molar-refractivity contribution in [3.8, 4) is 16.9 Å². The number of amides is 2. The van der Waals surface area contributed by atoms with Crippen LogP contribution in [-0.4, -0.2) is 41.3 Å². The van der Waals surface area contributed by atoms with Crippen LogP contribution in [0.5, 0.6) is 5.75 Å². The largest absolute Gasteiger partial charge is 0.496 e. The van der Waals surface area contributed by atoms with Crippen LogP contribution in [0.4, 0.5) is 5.69 Å². The first-order valence-corrected chi connectivity index (χ1v) is 19.2. The molecule has 0 atom stereocenters. The van der Waals surface area contributed by atoms with Gasteiger partial charge in [-0.05, 0) is 138 Å². The highest BCUT2D eigenvalue weighted by molar-refractivity contribution is 5.95. The number of anilines is 1. The van der Waals surface area contributed by atoms with E-state index in [0.29, 0.717) is 30.2 Å². The van der Waals surface area contributed by atoms with E-state index in [4.69, 9.17) is 4.74 Å². The molecule has 0 bridgehead atoms. The summed E-state index contributed by atoms with van der Waals surface area (Å²) in [6.45, 7) is 7.14. The van der Waals surface area contributed by atoms with Crippen LogP contribution in [0.1, 0.15) is 127 Å². The Labute approximate surface area is 294 Å². The highest BCUT2D eigenvalue weighted by Crippen LogP contribution is 2.39. The Hall–Kier alpha value is -3.61. The van der Waals surface area contributed by atoms with Crippen LogP contribution in [0.3, 0.4) is 0 Å². The van der Waals surface area contributed by atoms with Crippen LogP contribution in [0.25, 0.3) is 11.1 Å². The molecule has 1 heterocycles. The molecular weight excluding hydrogens is 608 g/mol. The van der Waals surface area contributed by atoms with Gasteiger partial charge in [0.05, 0.1) is 13.3 Å². The third-order valence-electron chi connectivity index (χ3n) is 11.7. The first kappa shape index (κ1) is 35.2. The van der Waals surface area contributed by atoms with E-state index in [1.54, 1.807) is 7.11 Å². The first-order chi connectivity index (χ1) is 23.8. The van der Waals surface area contributed by atoms with Crippen molar-refractivity contribution >= 4 is 17.5 Å². The van der Waals surface area contributed by atoms with Gasteiger partial charge in [-0.3, -0.25) is 14.3 Å². The first-order valence-electron chi connectivity index (χ1n) is 19.2. The quantitative estimate of drug-likeness (QED) is 0.221. The molecule has 264 valence electrons. The lowest BCUT2D eigenvalue weighted by atomic mass is 9.78. The van der Waals surface area contributed by atoms with Gasteiger partial charge in [0.1, 0.15) is 5.75 Å². The smallest absolute Gasteiger partial charge is 0.230 e. The molecule has 3 aliphatic rings. The van der Waals surface area contributed by atoms with Gasteiger partial charge in [-0.15, -0.1) is 0 Å². The summed E-state index contributed by atoms with van der Waals surface area (Å²) in [7, 11) is 1.73. The number of aryl methyl sites for hydroxylation is 1. The molecule has 7 nitrogen and oxygen atoms in total. The molecule has 49 heavy (non-hydrogen) atoms. The standard InChI is InChI=1S/C42H58N4O3/c1-29(2)46-28-37(26-43-46)35-11-8-12-39(25-35)45(27-32-13-15-33(16-14-32)36-19-22-40(49-4)30(3)23-36)42(48)34-17-20-38(21-18-34)44-41(47)24-31-9-6-5-7-10-31/h8,11-12,19,22-23,25-26,28-29,31-34,38H,5-7,9-10,13-18,20-21,24,27H2,1-4H3,(H,44,47). The van der Waals surface area contributed by atoms with Crippen molar-refractivity contribution < 1.29 is 14.3 Å². The van der Waals surface area contributed by atoms with E-state index in [1.165, 1.54) is 43.2 Å². The predicted octanol–water partition coefficient (Wildman–Crippen LogP) is 9.40. The molecular formula is C42H58N4O3. The Morgan fingerprint density at radius 1 is 0.898 bits per heavy atom. The van der Waals surface area contributed by atoms with Crippen molar-refractivity contribution in [3.05, 3.63) is 66.0 Å². The molecule has 2 aromatic carbocycles. The molecule has 3 fully saturated rings. The zero-order valence-corrected chi connectivity index (χ0v) is 30.3. The molecule has 6 rings (SSSR count). The molecule has 0 spiro atoms. The molecule has 3 saturated carbocycles. The minimum absolute atomic E-state index is 0.0162. The number of rotatable bonds is 11. The van der Waals surface area contributed by atoms with E-state index in [1.807, 2.05) is 10.9 Å². The van der Waals surface area contributed by atoms with Crippen LogP contribution < -0.4 is 15.0 Å². The Kier molecular flexibility index (Phi) is 11.8. The molecule has 3 aromatic rings. The molecule has 1 N–H and O–H groups in total. The maximum Gasteiger partial charge on any atom is 0.230 e. The molecule has 7 heteroatoms. The predicted molar refractivity (Wildman–Crippen MR) is 198 cm³/mol. The lowest BCUT2D eigenvalue weighted by Gasteiger charge is -2.36. The van der Waals surface area contributed by atoms with Crippen molar-refractivity contribution in [1.29, 1.82) is 0 Å². The van der Waals surface area contributed by atoms with Crippen molar-refractivity contribution in [2.45, 2.75) is 129 Å². The number of aromatic nitrogens is 2. The van der Waals surface area contributed by atoms with E-state index in [0.717, 1.165) is 80.5 Å². The van der Waals surface area contributed by atoms with Gasteiger partial charge in [-0.1, -0.05) is 43.5 Å². The van der Waals surface area contributed by atoms with Crippen LogP contribution in [0, 0.1) is 24.7 Å². The van der Waals surface area contributed by atoms with Crippen molar-refractivity contribution in [1.82, 2.24) is 15.1 Å². The van der Waals surface area contributed by atoms with Gasteiger partial charge < -0.3 is 15.0 Å². The fraction of sp³-hybridized carbons (Fsp3) is 0.595. The Balaban J connectivity index is 1.13. The molecule has 1 aromatic heterocycles. The van der Waals surface area contributed by atoms with Gasteiger partial charge in [0, 0.05) is 48.4 Å². The number of carbonyl (C=O) groups excluding carboxylic acids is 2. The van der Waals surface area contributed by atoms with Gasteiger partial charge in [0.25, 0.3) is 0 Å². The summed E-state index contributed by atoms with van der Waals surface area (Å²) in [6.07, 6.45) is 18.8. The topological polar surface area (TPSA) is 76.5 Å². The van der Waals surface area contributed by atoms with Gasteiger partial charge in [0.2, 0.25) is 11.8 Å². The summed E-state index contributed by atoms with van der Waals surface area (Å²) < 4.78 is 7.49. The number of hydrogen-bond donors (Lipinski definition) is 1. The molecule has 0 aliphatic heterocycles. The minimum Gasteiger partial charge on any atom is -0.496 e. The van der Waals surface area contributed by atoms with Crippen molar-refractivity contribution in [2.24, 2.45) is 17.8 Å². The summed E-state index contributed by atoms with van der Waals surface area (Å²) in [5, 5.41) is 7.91. The summed E-state index contributed by atoms with van der Waals surface area (Å²) >= 11 is 0. The highest BCUT2D eigenvalue weighted by atomic mass is 16.5. The van der Waals surface area contributed by atoms with Gasteiger partial charge in [-0.25, -0.2) is 0 Å². The number of nitrogens with zero attached hydrogens (tertiary/aromatic N) is 3. The number of ether oxygens (including phenoxy) is 1. The minimum atomic E-state index is -0.0162. The molecule has 0 saturated heterocycles. The molecule has 0 unspecified atom stereocenters. The van der Waals surface area contributed by atoms with Crippen LogP contribution in [-0.2, 0) is 9.59 Å². The third-order valence-corrected chi connectivity index (χ3v) is 11.7. The third kappa shape index (κ3) is 8.95. The fourth-order valence-electron chi connectivity index (χ4n) is 8.68. The summed E-state index contributed by atoms with van der Waals surface area (Å²) in [5.41, 5.74) is 5.74. The number of carbonyl (C=O) groups is 2. The summed E-state index contributed by atoms with van der Waals surface area (Å²) in [5.74, 6) is 2.94. The van der Waals surface area contributed by atoms with Gasteiger partial charge >= 0.3 is 0 Å². The van der Waals surface area contributed by atoms with E-state index in [9.17, 15) is 9.59 Å². The second kappa shape index (κ2) is 16.4. The Bertz CT molecular complexity index is 1540. The summed E-state index contributed by atoms with van der Waals surface area (Å²) in [6, 6.07) is 15.6. The second-order valence-electron chi connectivity index (χ2n) is 15.6. The van der Waals surface area contributed by atoms with Crippen molar-refractivity contribution in [2.75, 3.05) is 18.6 Å². The number of hydrogen-bond acceptors (Lipinski definition) is 4. The van der Waals surface area contributed by atoms with Crippen molar-refractivity contribution in [3.63, 3.8) is 0 Å². The van der Waals surface area contributed by atoms with E-state index in [2.05, 4.69) is 84.7 Å². The fourth-order valence-corrected chi connectivity index (χ4v) is 8.68.